The number of hydrogen-bond donors (Lipinski definition) is 1. The van der Waals surface area contributed by atoms with Gasteiger partial charge < -0.3 is 19.7 Å². The van der Waals surface area contributed by atoms with Crippen molar-refractivity contribution >= 4 is 17.5 Å². The predicted molar refractivity (Wildman–Crippen MR) is 123 cm³/mol. The summed E-state index contributed by atoms with van der Waals surface area (Å²) >= 11 is 0. The normalized spacial score (nSPS) is 13.4. The van der Waals surface area contributed by atoms with Crippen LogP contribution >= 0.6 is 0 Å². The zero-order valence-electron chi connectivity index (χ0n) is 18.5. The molecule has 0 bridgehead atoms. The number of benzene rings is 3. The second kappa shape index (κ2) is 9.73. The third-order valence-corrected chi connectivity index (χ3v) is 5.58. The Bertz CT molecular complexity index is 1180. The molecule has 1 aliphatic heterocycles. The minimum absolute atomic E-state index is 0.00657. The van der Waals surface area contributed by atoms with Crippen molar-refractivity contribution in [2.75, 3.05) is 19.0 Å². The minimum Gasteiger partial charge on any atom is -0.493 e. The van der Waals surface area contributed by atoms with Gasteiger partial charge in [-0.25, -0.2) is 4.39 Å². The van der Waals surface area contributed by atoms with Gasteiger partial charge >= 0.3 is 0 Å². The van der Waals surface area contributed by atoms with E-state index in [1.54, 1.807) is 36.3 Å². The van der Waals surface area contributed by atoms with E-state index in [-0.39, 0.29) is 18.2 Å². The van der Waals surface area contributed by atoms with E-state index in [0.717, 1.165) is 11.1 Å². The van der Waals surface area contributed by atoms with Crippen molar-refractivity contribution < 1.29 is 23.5 Å². The molecule has 3 aromatic carbocycles. The van der Waals surface area contributed by atoms with Crippen molar-refractivity contribution in [3.05, 3.63) is 89.2 Å². The Hall–Kier alpha value is -3.87. The zero-order valence-corrected chi connectivity index (χ0v) is 18.5. The van der Waals surface area contributed by atoms with Crippen LogP contribution in [0, 0.1) is 5.82 Å². The fourth-order valence-electron chi connectivity index (χ4n) is 4.06. The minimum atomic E-state index is -0.553. The lowest BCUT2D eigenvalue weighted by molar-refractivity contribution is -0.117. The highest BCUT2D eigenvalue weighted by Gasteiger charge is 2.34. The Balaban J connectivity index is 1.65. The third kappa shape index (κ3) is 4.82. The fourth-order valence-corrected chi connectivity index (χ4v) is 4.06. The number of methoxy groups -OCH3 is 1. The summed E-state index contributed by atoms with van der Waals surface area (Å²) in [6.07, 6.45) is -0.00657. The summed E-state index contributed by atoms with van der Waals surface area (Å²) in [5, 5.41) is 2.73. The van der Waals surface area contributed by atoms with Crippen molar-refractivity contribution in [3.8, 4) is 11.5 Å². The maximum atomic E-state index is 13.5. The lowest BCUT2D eigenvalue weighted by atomic mass is 10.0. The first-order valence-electron chi connectivity index (χ1n) is 10.7. The third-order valence-electron chi connectivity index (χ3n) is 5.58. The summed E-state index contributed by atoms with van der Waals surface area (Å²) in [5.74, 6) is 0.201. The first-order valence-corrected chi connectivity index (χ1v) is 10.7. The Morgan fingerprint density at radius 1 is 1.09 bits per heavy atom. The first kappa shape index (κ1) is 22.3. The summed E-state index contributed by atoms with van der Waals surface area (Å²) in [6.45, 7) is 2.75. The van der Waals surface area contributed by atoms with E-state index in [4.69, 9.17) is 9.47 Å². The molecule has 1 atom stereocenters. The van der Waals surface area contributed by atoms with Crippen LogP contribution in [0.5, 0.6) is 11.5 Å². The maximum Gasteiger partial charge on any atom is 0.255 e. The van der Waals surface area contributed by atoms with E-state index < -0.39 is 11.9 Å². The van der Waals surface area contributed by atoms with Gasteiger partial charge in [0.1, 0.15) is 5.82 Å². The van der Waals surface area contributed by atoms with Gasteiger partial charge in [-0.05, 0) is 54.4 Å². The number of carbonyl (C=O) groups excluding carboxylic acids is 2. The topological polar surface area (TPSA) is 67.9 Å². The highest BCUT2D eigenvalue weighted by molar-refractivity contribution is 5.99. The van der Waals surface area contributed by atoms with E-state index in [1.807, 2.05) is 31.2 Å². The van der Waals surface area contributed by atoms with Gasteiger partial charge in [0.05, 0.1) is 26.2 Å². The van der Waals surface area contributed by atoms with Crippen LogP contribution < -0.4 is 14.8 Å². The molecular formula is C26H25FN2O4. The van der Waals surface area contributed by atoms with Crippen molar-refractivity contribution in [1.82, 2.24) is 4.90 Å². The zero-order chi connectivity index (χ0) is 23.4. The number of amides is 2. The fraction of sp³-hybridized carbons (Fsp3) is 0.231. The molecule has 1 aliphatic rings. The SMILES string of the molecule is CCOc1ccc(C(CC(=O)Nc2cccc(F)c2)N2Cc3ccccc3C2=O)cc1OC. The molecule has 170 valence electrons. The molecule has 33 heavy (non-hydrogen) atoms. The number of ether oxygens (including phenoxy) is 2. The standard InChI is InChI=1S/C26H25FN2O4/c1-3-33-23-12-11-17(13-24(23)32-2)22(15-25(30)28-20-9-6-8-19(27)14-20)29-16-18-7-4-5-10-21(18)26(29)31/h4-14,22H,3,15-16H2,1-2H3,(H,28,30). The van der Waals surface area contributed by atoms with Crippen LogP contribution in [0.15, 0.2) is 66.7 Å². The van der Waals surface area contributed by atoms with Crippen LogP contribution in [-0.2, 0) is 11.3 Å². The lowest BCUT2D eigenvalue weighted by Crippen LogP contribution is -2.32. The summed E-state index contributed by atoms with van der Waals surface area (Å²) < 4.78 is 24.6. The molecule has 0 saturated carbocycles. The molecule has 0 saturated heterocycles. The molecule has 0 aromatic heterocycles. The quantitative estimate of drug-likeness (QED) is 0.529. The average molecular weight is 448 g/mol. The highest BCUT2D eigenvalue weighted by Crippen LogP contribution is 2.37. The molecule has 0 spiro atoms. The Morgan fingerprint density at radius 2 is 1.91 bits per heavy atom. The number of nitrogens with zero attached hydrogens (tertiary/aromatic N) is 1. The van der Waals surface area contributed by atoms with Gasteiger partial charge in [-0.3, -0.25) is 9.59 Å². The van der Waals surface area contributed by atoms with Gasteiger partial charge in [-0.2, -0.15) is 0 Å². The van der Waals surface area contributed by atoms with Gasteiger partial charge in [0.25, 0.3) is 5.91 Å². The van der Waals surface area contributed by atoms with E-state index in [9.17, 15) is 14.0 Å². The maximum absolute atomic E-state index is 13.5. The van der Waals surface area contributed by atoms with Crippen LogP contribution in [0.1, 0.15) is 40.9 Å². The molecule has 4 rings (SSSR count). The number of fused-ring (bicyclic) bond motifs is 1. The van der Waals surface area contributed by atoms with Gasteiger partial charge in [-0.15, -0.1) is 0 Å². The summed E-state index contributed by atoms with van der Waals surface area (Å²) in [5.41, 5.74) is 2.65. The number of hydrogen-bond acceptors (Lipinski definition) is 4. The van der Waals surface area contributed by atoms with E-state index >= 15 is 0 Å². The Kier molecular flexibility index (Phi) is 6.58. The molecule has 1 N–H and O–H groups in total. The van der Waals surface area contributed by atoms with Crippen LogP contribution in [0.25, 0.3) is 0 Å². The Morgan fingerprint density at radius 3 is 2.64 bits per heavy atom. The van der Waals surface area contributed by atoms with Crippen molar-refractivity contribution in [1.29, 1.82) is 0 Å². The monoisotopic (exact) mass is 448 g/mol. The van der Waals surface area contributed by atoms with Gasteiger partial charge in [0, 0.05) is 17.8 Å². The van der Waals surface area contributed by atoms with E-state index in [1.165, 1.54) is 18.2 Å². The summed E-state index contributed by atoms with van der Waals surface area (Å²) in [6, 6.07) is 18.0. The second-order valence-electron chi connectivity index (χ2n) is 7.71. The molecular weight excluding hydrogens is 423 g/mol. The highest BCUT2D eigenvalue weighted by atomic mass is 19.1. The van der Waals surface area contributed by atoms with Gasteiger partial charge in [0.2, 0.25) is 5.91 Å². The number of halogens is 1. The van der Waals surface area contributed by atoms with Crippen LogP contribution in [0.2, 0.25) is 0 Å². The van der Waals surface area contributed by atoms with Crippen LogP contribution in [0.3, 0.4) is 0 Å². The summed E-state index contributed by atoms with van der Waals surface area (Å²) in [7, 11) is 1.55. The largest absolute Gasteiger partial charge is 0.493 e. The molecule has 0 aliphatic carbocycles. The van der Waals surface area contributed by atoms with Gasteiger partial charge in [-0.1, -0.05) is 30.3 Å². The number of anilines is 1. The molecule has 7 heteroatoms. The predicted octanol–water partition coefficient (Wildman–Crippen LogP) is 4.96. The molecule has 2 amide bonds. The van der Waals surface area contributed by atoms with Crippen LogP contribution in [0.4, 0.5) is 10.1 Å². The Labute approximate surface area is 191 Å². The number of carbonyl (C=O) groups is 2. The van der Waals surface area contributed by atoms with Gasteiger partial charge in [0.15, 0.2) is 11.5 Å². The van der Waals surface area contributed by atoms with Crippen molar-refractivity contribution in [2.45, 2.75) is 25.9 Å². The smallest absolute Gasteiger partial charge is 0.255 e. The number of rotatable bonds is 8. The molecule has 1 heterocycles. The lowest BCUT2D eigenvalue weighted by Gasteiger charge is -2.28. The van der Waals surface area contributed by atoms with E-state index in [2.05, 4.69) is 5.32 Å². The first-order chi connectivity index (χ1) is 16.0. The number of nitrogens with one attached hydrogen (secondary N) is 1. The van der Waals surface area contributed by atoms with Crippen molar-refractivity contribution in [3.63, 3.8) is 0 Å². The molecule has 6 nitrogen and oxygen atoms in total. The van der Waals surface area contributed by atoms with Crippen molar-refractivity contribution in [2.24, 2.45) is 0 Å². The molecule has 0 fully saturated rings. The van der Waals surface area contributed by atoms with Crippen LogP contribution in [-0.4, -0.2) is 30.4 Å². The molecule has 0 radical (unpaired) electrons. The average Bonchev–Trinajstić information content (AvgIpc) is 3.14. The van der Waals surface area contributed by atoms with E-state index in [0.29, 0.717) is 35.9 Å². The second-order valence-corrected chi connectivity index (χ2v) is 7.71. The summed E-state index contributed by atoms with van der Waals surface area (Å²) in [4.78, 5) is 27.8. The molecule has 3 aromatic rings. The molecule has 1 unspecified atom stereocenters.